The fourth-order valence-corrected chi connectivity index (χ4v) is 2.41. The number of nitrogens with zero attached hydrogens (tertiary/aromatic N) is 6. The van der Waals surface area contributed by atoms with Gasteiger partial charge in [0.25, 0.3) is 0 Å². The lowest BCUT2D eigenvalue weighted by atomic mass is 9.87. The molecule has 2 atom stereocenters. The molecule has 3 aromatic rings. The molecular weight excluding hydrogens is 287 g/mol. The first-order chi connectivity index (χ1) is 10.6. The van der Waals surface area contributed by atoms with Gasteiger partial charge in [-0.05, 0) is 24.6 Å². The summed E-state index contributed by atoms with van der Waals surface area (Å²) >= 11 is 0. The summed E-state index contributed by atoms with van der Waals surface area (Å²) in [6, 6.07) is 5.30. The Bertz CT molecular complexity index is 712. The Morgan fingerprint density at radius 3 is 2.68 bits per heavy atom. The summed E-state index contributed by atoms with van der Waals surface area (Å²) in [4.78, 5) is 3.88. The van der Waals surface area contributed by atoms with Crippen molar-refractivity contribution in [3.05, 3.63) is 60.7 Å². The standard InChI is InChI=1S/C14H15FN6O/c1-11(21-7-6-17-19-21)14(22,8-20-10-16-9-18-20)12-2-4-13(15)5-3-12/h2-7,9-11,22H,8H2,1H3. The van der Waals surface area contributed by atoms with Crippen molar-refractivity contribution in [3.8, 4) is 0 Å². The highest BCUT2D eigenvalue weighted by atomic mass is 19.1. The monoisotopic (exact) mass is 302 g/mol. The second kappa shape index (κ2) is 5.64. The molecule has 22 heavy (non-hydrogen) atoms. The molecule has 2 unspecified atom stereocenters. The minimum Gasteiger partial charge on any atom is -0.381 e. The van der Waals surface area contributed by atoms with Gasteiger partial charge >= 0.3 is 0 Å². The van der Waals surface area contributed by atoms with Crippen molar-refractivity contribution in [2.45, 2.75) is 25.1 Å². The highest BCUT2D eigenvalue weighted by Crippen LogP contribution is 2.34. The molecule has 0 aliphatic heterocycles. The molecule has 1 aromatic carbocycles. The lowest BCUT2D eigenvalue weighted by Crippen LogP contribution is -2.40. The summed E-state index contributed by atoms with van der Waals surface area (Å²) < 4.78 is 16.3. The number of benzene rings is 1. The molecule has 1 N–H and O–H groups in total. The van der Waals surface area contributed by atoms with E-state index >= 15 is 0 Å². The molecule has 0 aliphatic rings. The highest BCUT2D eigenvalue weighted by Gasteiger charge is 2.38. The molecule has 7 nitrogen and oxygen atoms in total. The molecule has 2 aromatic heterocycles. The van der Waals surface area contributed by atoms with Gasteiger partial charge in [-0.2, -0.15) is 5.10 Å². The van der Waals surface area contributed by atoms with Crippen molar-refractivity contribution >= 4 is 0 Å². The Hall–Kier alpha value is -2.61. The predicted molar refractivity (Wildman–Crippen MR) is 75.1 cm³/mol. The Kier molecular flexibility index (Phi) is 3.68. The van der Waals surface area contributed by atoms with Gasteiger partial charge in [0.05, 0.1) is 18.8 Å². The first kappa shape index (κ1) is 14.3. The van der Waals surface area contributed by atoms with Crippen LogP contribution in [0.15, 0.2) is 49.3 Å². The van der Waals surface area contributed by atoms with Crippen molar-refractivity contribution in [1.29, 1.82) is 0 Å². The van der Waals surface area contributed by atoms with Gasteiger partial charge in [0, 0.05) is 6.20 Å². The van der Waals surface area contributed by atoms with Crippen LogP contribution in [0.2, 0.25) is 0 Å². The van der Waals surface area contributed by atoms with E-state index in [2.05, 4.69) is 20.4 Å². The number of hydrogen-bond donors (Lipinski definition) is 1. The first-order valence-corrected chi connectivity index (χ1v) is 6.76. The number of aliphatic hydroxyl groups is 1. The summed E-state index contributed by atoms with van der Waals surface area (Å²) in [6.07, 6.45) is 6.12. The van der Waals surface area contributed by atoms with Crippen molar-refractivity contribution in [1.82, 2.24) is 29.8 Å². The third-order valence-corrected chi connectivity index (χ3v) is 3.74. The summed E-state index contributed by atoms with van der Waals surface area (Å²) in [7, 11) is 0. The maximum atomic E-state index is 13.2. The zero-order valence-corrected chi connectivity index (χ0v) is 11.9. The molecule has 0 aliphatic carbocycles. The van der Waals surface area contributed by atoms with Gasteiger partial charge in [0.1, 0.15) is 24.1 Å². The molecule has 0 radical (unpaired) electrons. The molecule has 3 rings (SSSR count). The quantitative estimate of drug-likeness (QED) is 0.765. The van der Waals surface area contributed by atoms with Gasteiger partial charge in [0.15, 0.2) is 0 Å². The van der Waals surface area contributed by atoms with Crippen LogP contribution in [0.25, 0.3) is 0 Å². The van der Waals surface area contributed by atoms with Crippen LogP contribution < -0.4 is 0 Å². The van der Waals surface area contributed by atoms with Crippen LogP contribution in [-0.4, -0.2) is 34.9 Å². The number of aromatic nitrogens is 6. The minimum absolute atomic E-state index is 0.152. The van der Waals surface area contributed by atoms with Crippen LogP contribution in [0.3, 0.4) is 0 Å². The highest BCUT2D eigenvalue weighted by molar-refractivity contribution is 5.24. The molecule has 0 saturated heterocycles. The van der Waals surface area contributed by atoms with E-state index in [1.54, 1.807) is 23.0 Å². The zero-order chi connectivity index (χ0) is 15.6. The molecule has 0 saturated carbocycles. The Morgan fingerprint density at radius 1 is 1.32 bits per heavy atom. The van der Waals surface area contributed by atoms with Gasteiger partial charge in [-0.3, -0.25) is 0 Å². The molecule has 0 amide bonds. The van der Waals surface area contributed by atoms with Crippen LogP contribution >= 0.6 is 0 Å². The number of halogens is 1. The summed E-state index contributed by atoms with van der Waals surface area (Å²) in [6.45, 7) is 1.97. The van der Waals surface area contributed by atoms with E-state index < -0.39 is 11.6 Å². The van der Waals surface area contributed by atoms with E-state index in [0.29, 0.717) is 5.56 Å². The summed E-state index contributed by atoms with van der Waals surface area (Å²) in [5.74, 6) is -0.361. The van der Waals surface area contributed by atoms with Crippen LogP contribution in [-0.2, 0) is 12.1 Å². The normalized spacial score (nSPS) is 15.4. The predicted octanol–water partition coefficient (Wildman–Crippen LogP) is 1.16. The van der Waals surface area contributed by atoms with E-state index in [0.717, 1.165) is 0 Å². The van der Waals surface area contributed by atoms with Gasteiger partial charge in [-0.1, -0.05) is 17.3 Å². The SMILES string of the molecule is CC(n1ccnn1)C(O)(Cn1cncn1)c1ccc(F)cc1. The molecule has 2 heterocycles. The van der Waals surface area contributed by atoms with Crippen molar-refractivity contribution < 1.29 is 9.50 Å². The molecular formula is C14H15FN6O. The van der Waals surface area contributed by atoms with E-state index in [1.807, 2.05) is 6.92 Å². The Morgan fingerprint density at radius 2 is 2.09 bits per heavy atom. The molecule has 114 valence electrons. The second-order valence-corrected chi connectivity index (χ2v) is 5.08. The maximum absolute atomic E-state index is 13.2. The van der Waals surface area contributed by atoms with Gasteiger partial charge in [-0.15, -0.1) is 5.10 Å². The van der Waals surface area contributed by atoms with Crippen LogP contribution in [0.4, 0.5) is 4.39 Å². The minimum atomic E-state index is -1.35. The average molecular weight is 302 g/mol. The molecule has 0 fully saturated rings. The van der Waals surface area contributed by atoms with Crippen LogP contribution in [0.1, 0.15) is 18.5 Å². The molecule has 0 spiro atoms. The second-order valence-electron chi connectivity index (χ2n) is 5.08. The van der Waals surface area contributed by atoms with Gasteiger partial charge in [-0.25, -0.2) is 18.7 Å². The third-order valence-electron chi connectivity index (χ3n) is 3.74. The van der Waals surface area contributed by atoms with Crippen LogP contribution in [0, 0.1) is 5.82 Å². The first-order valence-electron chi connectivity index (χ1n) is 6.76. The maximum Gasteiger partial charge on any atom is 0.137 e. The molecule has 0 bridgehead atoms. The lowest BCUT2D eigenvalue weighted by molar-refractivity contribution is -0.0346. The largest absolute Gasteiger partial charge is 0.381 e. The molecule has 8 heteroatoms. The third kappa shape index (κ3) is 2.60. The van der Waals surface area contributed by atoms with Crippen molar-refractivity contribution in [2.24, 2.45) is 0 Å². The van der Waals surface area contributed by atoms with E-state index in [9.17, 15) is 9.50 Å². The summed E-state index contributed by atoms with van der Waals surface area (Å²) in [5, 5.41) is 23.0. The van der Waals surface area contributed by atoms with Gasteiger partial charge < -0.3 is 5.11 Å². The Labute approximate surface area is 126 Å². The van der Waals surface area contributed by atoms with Gasteiger partial charge in [0.2, 0.25) is 0 Å². The fourth-order valence-electron chi connectivity index (χ4n) is 2.41. The van der Waals surface area contributed by atoms with Crippen molar-refractivity contribution in [3.63, 3.8) is 0 Å². The van der Waals surface area contributed by atoms with Crippen molar-refractivity contribution in [2.75, 3.05) is 0 Å². The summed E-state index contributed by atoms with van der Waals surface area (Å²) in [5.41, 5.74) is -0.790. The Balaban J connectivity index is 2.02. The van der Waals surface area contributed by atoms with Crippen LogP contribution in [0.5, 0.6) is 0 Å². The smallest absolute Gasteiger partial charge is 0.137 e. The van der Waals surface area contributed by atoms with E-state index in [4.69, 9.17) is 0 Å². The topological polar surface area (TPSA) is 81.6 Å². The number of hydrogen-bond acceptors (Lipinski definition) is 5. The van der Waals surface area contributed by atoms with E-state index in [-0.39, 0.29) is 12.4 Å². The zero-order valence-electron chi connectivity index (χ0n) is 11.9. The van der Waals surface area contributed by atoms with E-state index in [1.165, 1.54) is 35.7 Å². The fraction of sp³-hybridized carbons (Fsp3) is 0.286. The number of rotatable bonds is 5. The lowest BCUT2D eigenvalue weighted by Gasteiger charge is -2.34. The average Bonchev–Trinajstić information content (AvgIpc) is 3.20.